The Kier molecular flexibility index (Phi) is 2.67. The van der Waals surface area contributed by atoms with Gasteiger partial charge in [-0.15, -0.1) is 11.3 Å². The van der Waals surface area contributed by atoms with E-state index in [0.29, 0.717) is 0 Å². The molecule has 1 aromatic rings. The average molecular weight is 210 g/mol. The lowest BCUT2D eigenvalue weighted by Gasteiger charge is -2.32. The van der Waals surface area contributed by atoms with Gasteiger partial charge in [-0.25, -0.2) is 0 Å². The predicted molar refractivity (Wildman–Crippen MR) is 60.6 cm³/mol. The minimum absolute atomic E-state index is 0.593. The highest BCUT2D eigenvalue weighted by atomic mass is 32.1. The Bertz CT molecular complexity index is 310. The summed E-state index contributed by atoms with van der Waals surface area (Å²) in [6.45, 7) is 4.05. The molecule has 1 unspecified atom stereocenters. The van der Waals surface area contributed by atoms with E-state index in [2.05, 4.69) is 19.1 Å². The summed E-state index contributed by atoms with van der Waals surface area (Å²) >= 11 is 1.72. The molecule has 14 heavy (non-hydrogen) atoms. The molecule has 0 spiro atoms. The van der Waals surface area contributed by atoms with Gasteiger partial charge in [-0.1, -0.05) is 19.3 Å². The van der Waals surface area contributed by atoms with Gasteiger partial charge in [-0.05, 0) is 38.3 Å². The van der Waals surface area contributed by atoms with Crippen molar-refractivity contribution in [1.82, 2.24) is 0 Å². The maximum atomic E-state index is 10.3. The van der Waals surface area contributed by atoms with Crippen LogP contribution in [0.15, 0.2) is 12.1 Å². The van der Waals surface area contributed by atoms with E-state index in [1.807, 2.05) is 6.92 Å². The lowest BCUT2D eigenvalue weighted by molar-refractivity contribution is 0.0194. The molecule has 2 heteroatoms. The smallest absolute Gasteiger partial charge is 0.0962 e. The minimum atomic E-state index is -0.593. The second-order valence-electron chi connectivity index (χ2n) is 4.69. The Hall–Kier alpha value is -0.340. The number of rotatable bonds is 3. The van der Waals surface area contributed by atoms with E-state index in [1.54, 1.807) is 11.3 Å². The Labute approximate surface area is 89.8 Å². The number of hydrogen-bond donors (Lipinski definition) is 1. The molecule has 1 saturated carbocycles. The maximum absolute atomic E-state index is 10.3. The van der Waals surface area contributed by atoms with Crippen LogP contribution in [0.3, 0.4) is 0 Å². The first kappa shape index (κ1) is 10.2. The molecule has 1 nitrogen and oxygen atoms in total. The summed E-state index contributed by atoms with van der Waals surface area (Å²) in [6.07, 6.45) is 4.90. The zero-order valence-electron chi connectivity index (χ0n) is 8.92. The van der Waals surface area contributed by atoms with Gasteiger partial charge in [0.2, 0.25) is 0 Å². The van der Waals surface area contributed by atoms with Crippen LogP contribution in [0.4, 0.5) is 0 Å². The van der Waals surface area contributed by atoms with Crippen LogP contribution in [-0.2, 0) is 5.60 Å². The third kappa shape index (κ3) is 2.01. The van der Waals surface area contributed by atoms with E-state index in [9.17, 15) is 5.11 Å². The van der Waals surface area contributed by atoms with E-state index < -0.39 is 5.60 Å². The molecule has 1 aliphatic rings. The zero-order valence-corrected chi connectivity index (χ0v) is 9.73. The standard InChI is InChI=1S/C12H18OS/c1-9-6-7-11(14-9)12(2,13)8-10-4-3-5-10/h6-7,10,13H,3-5,8H2,1-2H3. The molecule has 78 valence electrons. The van der Waals surface area contributed by atoms with E-state index in [4.69, 9.17) is 0 Å². The fourth-order valence-corrected chi connectivity index (χ4v) is 3.01. The fourth-order valence-electron chi connectivity index (χ4n) is 2.08. The van der Waals surface area contributed by atoms with Crippen molar-refractivity contribution in [3.05, 3.63) is 21.9 Å². The monoisotopic (exact) mass is 210 g/mol. The number of hydrogen-bond acceptors (Lipinski definition) is 2. The molecule has 2 rings (SSSR count). The number of thiophene rings is 1. The SMILES string of the molecule is Cc1ccc(C(C)(O)CC2CCC2)s1. The second-order valence-corrected chi connectivity index (χ2v) is 5.97. The quantitative estimate of drug-likeness (QED) is 0.810. The highest BCUT2D eigenvalue weighted by Crippen LogP contribution is 2.39. The van der Waals surface area contributed by atoms with E-state index >= 15 is 0 Å². The highest BCUT2D eigenvalue weighted by Gasteiger charge is 2.31. The van der Waals surface area contributed by atoms with Crippen LogP contribution in [0.5, 0.6) is 0 Å². The molecule has 1 N–H and O–H groups in total. The molecule has 0 amide bonds. The molecule has 0 radical (unpaired) electrons. The van der Waals surface area contributed by atoms with Gasteiger partial charge in [0.05, 0.1) is 5.60 Å². The van der Waals surface area contributed by atoms with Crippen molar-refractivity contribution >= 4 is 11.3 Å². The summed E-state index contributed by atoms with van der Waals surface area (Å²) in [5.41, 5.74) is -0.593. The summed E-state index contributed by atoms with van der Waals surface area (Å²) in [5, 5.41) is 10.3. The van der Waals surface area contributed by atoms with Crippen LogP contribution in [0.1, 0.15) is 42.4 Å². The number of aryl methyl sites for hydroxylation is 1. The van der Waals surface area contributed by atoms with Gasteiger partial charge in [0, 0.05) is 9.75 Å². The topological polar surface area (TPSA) is 20.2 Å². The average Bonchev–Trinajstić information content (AvgIpc) is 2.45. The summed E-state index contributed by atoms with van der Waals surface area (Å²) in [7, 11) is 0. The van der Waals surface area contributed by atoms with Gasteiger partial charge in [0.1, 0.15) is 0 Å². The van der Waals surface area contributed by atoms with Crippen molar-refractivity contribution in [3.8, 4) is 0 Å². The van der Waals surface area contributed by atoms with Gasteiger partial charge < -0.3 is 5.11 Å². The fraction of sp³-hybridized carbons (Fsp3) is 0.667. The molecule has 0 bridgehead atoms. The molecule has 1 fully saturated rings. The van der Waals surface area contributed by atoms with Crippen molar-refractivity contribution in [2.75, 3.05) is 0 Å². The van der Waals surface area contributed by atoms with Crippen molar-refractivity contribution in [1.29, 1.82) is 0 Å². The van der Waals surface area contributed by atoms with Crippen molar-refractivity contribution in [2.24, 2.45) is 5.92 Å². The second kappa shape index (κ2) is 3.67. The molecule has 0 saturated heterocycles. The molecule has 1 heterocycles. The molecule has 1 aromatic heterocycles. The van der Waals surface area contributed by atoms with Gasteiger partial charge in [-0.3, -0.25) is 0 Å². The van der Waals surface area contributed by atoms with Gasteiger partial charge >= 0.3 is 0 Å². The Morgan fingerprint density at radius 1 is 1.50 bits per heavy atom. The van der Waals surface area contributed by atoms with Crippen LogP contribution in [0.2, 0.25) is 0 Å². The van der Waals surface area contributed by atoms with Crippen LogP contribution in [-0.4, -0.2) is 5.11 Å². The normalized spacial score (nSPS) is 21.6. The first-order valence-electron chi connectivity index (χ1n) is 5.37. The maximum Gasteiger partial charge on any atom is 0.0962 e. The molecular weight excluding hydrogens is 192 g/mol. The van der Waals surface area contributed by atoms with E-state index in [1.165, 1.54) is 24.1 Å². The Morgan fingerprint density at radius 3 is 2.64 bits per heavy atom. The summed E-state index contributed by atoms with van der Waals surface area (Å²) < 4.78 is 0. The van der Waals surface area contributed by atoms with Crippen molar-refractivity contribution in [2.45, 2.75) is 45.1 Å². The Balaban J connectivity index is 2.06. The highest BCUT2D eigenvalue weighted by molar-refractivity contribution is 7.12. The molecular formula is C12H18OS. The van der Waals surface area contributed by atoms with Crippen LogP contribution in [0, 0.1) is 12.8 Å². The molecule has 1 atom stereocenters. The zero-order chi connectivity index (χ0) is 10.2. The Morgan fingerprint density at radius 2 is 2.21 bits per heavy atom. The van der Waals surface area contributed by atoms with E-state index in [0.717, 1.165) is 17.2 Å². The van der Waals surface area contributed by atoms with Gasteiger partial charge in [0.25, 0.3) is 0 Å². The largest absolute Gasteiger partial charge is 0.385 e. The third-order valence-electron chi connectivity index (χ3n) is 3.18. The lowest BCUT2D eigenvalue weighted by atomic mass is 9.77. The van der Waals surface area contributed by atoms with Crippen LogP contribution < -0.4 is 0 Å². The minimum Gasteiger partial charge on any atom is -0.385 e. The van der Waals surface area contributed by atoms with Crippen LogP contribution >= 0.6 is 11.3 Å². The molecule has 1 aliphatic carbocycles. The van der Waals surface area contributed by atoms with Crippen molar-refractivity contribution in [3.63, 3.8) is 0 Å². The molecule has 0 aliphatic heterocycles. The summed E-state index contributed by atoms with van der Waals surface area (Å²) in [6, 6.07) is 4.16. The summed E-state index contributed by atoms with van der Waals surface area (Å²) in [4.78, 5) is 2.41. The summed E-state index contributed by atoms with van der Waals surface area (Å²) in [5.74, 6) is 0.757. The van der Waals surface area contributed by atoms with Gasteiger partial charge in [0.15, 0.2) is 0 Å². The van der Waals surface area contributed by atoms with Gasteiger partial charge in [-0.2, -0.15) is 0 Å². The first-order valence-corrected chi connectivity index (χ1v) is 6.19. The molecule has 0 aromatic carbocycles. The first-order chi connectivity index (χ1) is 6.58. The van der Waals surface area contributed by atoms with Crippen LogP contribution in [0.25, 0.3) is 0 Å². The predicted octanol–water partition coefficient (Wildman–Crippen LogP) is 3.45. The van der Waals surface area contributed by atoms with Crippen molar-refractivity contribution < 1.29 is 5.11 Å². The third-order valence-corrected chi connectivity index (χ3v) is 4.44. The lowest BCUT2D eigenvalue weighted by Crippen LogP contribution is -2.26. The number of aliphatic hydroxyl groups is 1. The van der Waals surface area contributed by atoms with E-state index in [-0.39, 0.29) is 0 Å².